The van der Waals surface area contributed by atoms with E-state index in [1.54, 1.807) is 0 Å². The summed E-state index contributed by atoms with van der Waals surface area (Å²) in [5, 5.41) is 11.1. The first-order valence-electron chi connectivity index (χ1n) is 5.90. The van der Waals surface area contributed by atoms with Gasteiger partial charge in [-0.1, -0.05) is 20.8 Å². The molecule has 2 fully saturated rings. The molecule has 0 saturated heterocycles. The number of fused-ring (bicyclic) bond motifs is 2. The molecule has 17 heavy (non-hydrogen) atoms. The quantitative estimate of drug-likeness (QED) is 0.454. The minimum absolute atomic E-state index is 0. The Morgan fingerprint density at radius 2 is 2.12 bits per heavy atom. The van der Waals surface area contributed by atoms with E-state index in [2.05, 4.69) is 30.5 Å². The van der Waals surface area contributed by atoms with Crippen molar-refractivity contribution in [2.75, 3.05) is 7.11 Å². The smallest absolute Gasteiger partial charge is 0.616 e. The van der Waals surface area contributed by atoms with Crippen LogP contribution in [0.5, 0.6) is 0 Å². The topological polar surface area (TPSA) is 44.6 Å². The van der Waals surface area contributed by atoms with Crippen LogP contribution in [0, 0.1) is 16.7 Å². The van der Waals surface area contributed by atoms with Gasteiger partial charge in [0.2, 0.25) is 0 Å². The molecular weight excluding hydrogens is 209 g/mol. The van der Waals surface area contributed by atoms with E-state index >= 15 is 0 Å². The summed E-state index contributed by atoms with van der Waals surface area (Å²) >= 11 is 0. The van der Waals surface area contributed by atoms with E-state index in [4.69, 9.17) is 0 Å². The molecule has 2 unspecified atom stereocenters. The van der Waals surface area contributed by atoms with E-state index in [-0.39, 0.29) is 30.2 Å². The Kier molecular flexibility index (Phi) is 4.06. The van der Waals surface area contributed by atoms with Crippen molar-refractivity contribution in [3.05, 3.63) is 12.1 Å². The molecular formula is C13H20LiNO2. The first-order chi connectivity index (χ1) is 7.41. The van der Waals surface area contributed by atoms with Crippen molar-refractivity contribution < 1.29 is 28.7 Å². The summed E-state index contributed by atoms with van der Waals surface area (Å²) < 4.78 is 4.57. The van der Waals surface area contributed by atoms with Crippen molar-refractivity contribution in [2.24, 2.45) is 21.7 Å². The molecule has 0 heterocycles. The minimum Gasteiger partial charge on any atom is -0.616 e. The molecule has 4 heteroatoms. The van der Waals surface area contributed by atoms with Crippen LogP contribution in [0.3, 0.4) is 0 Å². The summed E-state index contributed by atoms with van der Waals surface area (Å²) in [4.78, 5) is 4.36. The van der Waals surface area contributed by atoms with E-state index in [0.717, 1.165) is 12.3 Å². The van der Waals surface area contributed by atoms with Gasteiger partial charge in [0.1, 0.15) is 0 Å². The Bertz CT molecular complexity index is 362. The van der Waals surface area contributed by atoms with Crippen molar-refractivity contribution in [2.45, 2.75) is 40.0 Å². The molecule has 2 saturated carbocycles. The summed E-state index contributed by atoms with van der Waals surface area (Å²) in [6.45, 7) is 6.93. The van der Waals surface area contributed by atoms with Crippen LogP contribution in [-0.2, 0) is 4.74 Å². The maximum Gasteiger partial charge on any atom is 1.00 e. The van der Waals surface area contributed by atoms with Gasteiger partial charge in [0.05, 0.1) is 5.95 Å². The van der Waals surface area contributed by atoms with Crippen LogP contribution in [0.15, 0.2) is 17.1 Å². The van der Waals surface area contributed by atoms with Gasteiger partial charge < -0.3 is 9.84 Å². The van der Waals surface area contributed by atoms with Gasteiger partial charge in [-0.25, -0.2) is 0 Å². The molecule has 3 nitrogen and oxygen atoms in total. The normalized spacial score (nSPS) is 37.1. The van der Waals surface area contributed by atoms with Crippen molar-refractivity contribution in [1.82, 2.24) is 0 Å². The average Bonchev–Trinajstić information content (AvgIpc) is 2.58. The third-order valence-corrected chi connectivity index (χ3v) is 5.04. The van der Waals surface area contributed by atoms with E-state index in [1.807, 2.05) is 0 Å². The molecule has 0 aliphatic heterocycles. The van der Waals surface area contributed by atoms with Gasteiger partial charge in [0.25, 0.3) is 0 Å². The van der Waals surface area contributed by atoms with Gasteiger partial charge in [0, 0.05) is 17.3 Å². The van der Waals surface area contributed by atoms with Crippen molar-refractivity contribution in [3.8, 4) is 0 Å². The monoisotopic (exact) mass is 229 g/mol. The second kappa shape index (κ2) is 4.70. The zero-order valence-electron chi connectivity index (χ0n) is 11.5. The van der Waals surface area contributed by atoms with E-state index in [9.17, 15) is 5.11 Å². The molecule has 90 valence electrons. The number of nitrogens with zero attached hydrogens (tertiary/aromatic N) is 1. The molecule has 0 aromatic rings. The molecule has 0 N–H and O–H groups in total. The second-order valence-corrected chi connectivity index (χ2v) is 5.72. The number of methoxy groups -OCH3 is 1. The van der Waals surface area contributed by atoms with E-state index in [1.165, 1.54) is 31.9 Å². The van der Waals surface area contributed by atoms with Crippen LogP contribution >= 0.6 is 0 Å². The third kappa shape index (κ3) is 2.04. The largest absolute Gasteiger partial charge is 1.00 e. The second-order valence-electron chi connectivity index (χ2n) is 5.72. The maximum atomic E-state index is 11.1. The average molecular weight is 229 g/mol. The number of ether oxygens (including phenoxy) is 1. The number of aliphatic imine (C=N–C) groups is 1. The number of hydrogen-bond donors (Lipinski definition) is 0. The van der Waals surface area contributed by atoms with E-state index in [0.29, 0.717) is 5.41 Å². The van der Waals surface area contributed by atoms with Gasteiger partial charge in [-0.3, -0.25) is 4.99 Å². The Morgan fingerprint density at radius 1 is 1.47 bits per heavy atom. The molecule has 2 bridgehead atoms. The first-order valence-corrected chi connectivity index (χ1v) is 5.90. The zero-order valence-corrected chi connectivity index (χ0v) is 11.5. The first kappa shape index (κ1) is 14.7. The molecule has 0 aromatic heterocycles. The van der Waals surface area contributed by atoms with Crippen molar-refractivity contribution >= 4 is 5.71 Å². The van der Waals surface area contributed by atoms with Crippen LogP contribution < -0.4 is 24.0 Å². The summed E-state index contributed by atoms with van der Waals surface area (Å²) in [6.07, 6.45) is 4.84. The molecule has 2 rings (SSSR count). The molecule has 2 atom stereocenters. The van der Waals surface area contributed by atoms with Gasteiger partial charge in [-0.05, 0) is 37.7 Å². The SMILES string of the molecule is CO/C([O-])=C/N=C1CC2CCC1(C)C2(C)C.[Li+]. The van der Waals surface area contributed by atoms with Gasteiger partial charge in [0.15, 0.2) is 0 Å². The fourth-order valence-corrected chi connectivity index (χ4v) is 3.31. The summed E-state index contributed by atoms with van der Waals surface area (Å²) in [5.41, 5.74) is 1.66. The molecule has 0 radical (unpaired) electrons. The summed E-state index contributed by atoms with van der Waals surface area (Å²) in [6, 6.07) is 0. The standard InChI is InChI=1S/C13H21NO2.Li/c1-12(2)9-5-6-13(12,3)10(7-9)14-8-11(15)16-4;/h8-9,15H,5-7H2,1-4H3;/q;+1/p-1/b11-8+,14-10?;. The van der Waals surface area contributed by atoms with E-state index < -0.39 is 0 Å². The Morgan fingerprint density at radius 3 is 2.53 bits per heavy atom. The number of hydrogen-bond acceptors (Lipinski definition) is 3. The summed E-state index contributed by atoms with van der Waals surface area (Å²) in [5.74, 6) is 0.360. The molecule has 2 aliphatic carbocycles. The Labute approximate surface area is 116 Å². The molecule has 2 aliphatic rings. The van der Waals surface area contributed by atoms with Crippen LogP contribution in [0.25, 0.3) is 0 Å². The fourth-order valence-electron chi connectivity index (χ4n) is 3.31. The minimum atomic E-state index is -0.364. The van der Waals surface area contributed by atoms with Crippen LogP contribution in [0.4, 0.5) is 0 Å². The van der Waals surface area contributed by atoms with Gasteiger partial charge in [-0.2, -0.15) is 0 Å². The van der Waals surface area contributed by atoms with Crippen molar-refractivity contribution in [1.29, 1.82) is 0 Å². The Balaban J connectivity index is 0.00000144. The Hall–Kier alpha value is -0.393. The zero-order chi connectivity index (χ0) is 12.0. The maximum absolute atomic E-state index is 11.1. The van der Waals surface area contributed by atoms with Gasteiger partial charge >= 0.3 is 18.9 Å². The molecule has 0 spiro atoms. The van der Waals surface area contributed by atoms with Crippen LogP contribution in [0.2, 0.25) is 0 Å². The molecule has 0 aromatic carbocycles. The van der Waals surface area contributed by atoms with Crippen molar-refractivity contribution in [3.63, 3.8) is 0 Å². The predicted octanol–water partition coefficient (Wildman–Crippen LogP) is -0.917. The third-order valence-electron chi connectivity index (χ3n) is 5.04. The number of rotatable bonds is 2. The predicted molar refractivity (Wildman–Crippen MR) is 61.8 cm³/mol. The van der Waals surface area contributed by atoms with Crippen LogP contribution in [0.1, 0.15) is 40.0 Å². The summed E-state index contributed by atoms with van der Waals surface area (Å²) in [7, 11) is 1.38. The van der Waals surface area contributed by atoms with Crippen LogP contribution in [-0.4, -0.2) is 12.8 Å². The van der Waals surface area contributed by atoms with Gasteiger partial charge in [-0.15, -0.1) is 0 Å². The molecule has 0 amide bonds. The fraction of sp³-hybridized carbons (Fsp3) is 0.769.